The van der Waals surface area contributed by atoms with Crippen LogP contribution in [0.25, 0.3) is 5.70 Å². The monoisotopic (exact) mass is 456 g/mol. The first-order chi connectivity index (χ1) is 16.1. The molecule has 33 heavy (non-hydrogen) atoms. The Morgan fingerprint density at radius 2 is 1.76 bits per heavy atom. The zero-order chi connectivity index (χ0) is 22.5. The highest BCUT2D eigenvalue weighted by Crippen LogP contribution is 2.51. The van der Waals surface area contributed by atoms with E-state index in [4.69, 9.17) is 14.8 Å². The fraction of sp³-hybridized carbons (Fsp3) is 0.154. The minimum Gasteiger partial charge on any atom is -0.480 e. The Bertz CT molecular complexity index is 1400. The Morgan fingerprint density at radius 3 is 2.55 bits per heavy atom. The molecule has 1 aromatic heterocycles. The molecule has 2 aliphatic rings. The van der Waals surface area contributed by atoms with Gasteiger partial charge in [0.05, 0.1) is 5.70 Å². The molecule has 164 valence electrons. The molecule has 3 aromatic carbocycles. The largest absolute Gasteiger partial charge is 0.480 e. The van der Waals surface area contributed by atoms with Crippen molar-refractivity contribution in [1.29, 1.82) is 0 Å². The summed E-state index contributed by atoms with van der Waals surface area (Å²) in [5, 5.41) is 8.94. The van der Waals surface area contributed by atoms with E-state index in [1.807, 2.05) is 41.3 Å². The van der Waals surface area contributed by atoms with Gasteiger partial charge in [-0.05, 0) is 36.9 Å². The van der Waals surface area contributed by atoms with Crippen molar-refractivity contribution in [1.82, 2.24) is 14.8 Å². The maximum absolute atomic E-state index is 15.1. The zero-order valence-electron chi connectivity index (χ0n) is 18.1. The molecule has 2 aliphatic heterocycles. The van der Waals surface area contributed by atoms with Crippen LogP contribution >= 0.6 is 11.8 Å². The van der Waals surface area contributed by atoms with Gasteiger partial charge in [0.25, 0.3) is 0 Å². The summed E-state index contributed by atoms with van der Waals surface area (Å²) in [4.78, 5) is 4.70. The molecule has 3 heterocycles. The van der Waals surface area contributed by atoms with Crippen molar-refractivity contribution in [3.63, 3.8) is 0 Å². The maximum Gasteiger partial charge on any atom is 0.227 e. The van der Waals surface area contributed by atoms with Gasteiger partial charge in [0.2, 0.25) is 11.1 Å². The predicted octanol–water partition coefficient (Wildman–Crippen LogP) is 6.01. The van der Waals surface area contributed by atoms with Gasteiger partial charge in [-0.2, -0.15) is 4.98 Å². The van der Waals surface area contributed by atoms with E-state index >= 15 is 4.39 Å². The first-order valence-electron chi connectivity index (χ1n) is 10.7. The number of rotatable bonds is 3. The molecule has 0 bridgehead atoms. The highest BCUT2D eigenvalue weighted by atomic mass is 32.2. The molecule has 4 aromatic rings. The van der Waals surface area contributed by atoms with E-state index in [9.17, 15) is 0 Å². The van der Waals surface area contributed by atoms with Crippen LogP contribution in [-0.2, 0) is 0 Å². The average Bonchev–Trinajstić information content (AvgIpc) is 3.26. The lowest BCUT2D eigenvalue weighted by Gasteiger charge is -2.39. The third-order valence-corrected chi connectivity index (χ3v) is 6.66. The molecule has 0 saturated carbocycles. The van der Waals surface area contributed by atoms with Crippen LogP contribution in [0.15, 0.2) is 83.5 Å². The standard InChI is InChI=1S/C26H21FN4OS/c1-15-11-13-16(14-12-15)23-21-22(28-25-29-26(33-2)30-31(23)25)18-8-4-6-10-20(18)32-24(21)17-7-3-5-9-19(17)27/h3-14,23-24H,1-2H3,(H,28,29,30)/t23-,24+/m1/s1. The van der Waals surface area contributed by atoms with Crippen LogP contribution in [-0.4, -0.2) is 21.0 Å². The number of para-hydroxylation sites is 1. The van der Waals surface area contributed by atoms with Crippen LogP contribution < -0.4 is 10.1 Å². The molecule has 6 rings (SSSR count). The van der Waals surface area contributed by atoms with Gasteiger partial charge in [0, 0.05) is 16.7 Å². The predicted molar refractivity (Wildman–Crippen MR) is 128 cm³/mol. The number of anilines is 1. The number of aromatic nitrogens is 3. The molecular formula is C26H21FN4OS. The van der Waals surface area contributed by atoms with Crippen LogP contribution in [0.5, 0.6) is 5.75 Å². The number of halogens is 1. The van der Waals surface area contributed by atoms with E-state index in [-0.39, 0.29) is 11.9 Å². The van der Waals surface area contributed by atoms with Gasteiger partial charge in [-0.15, -0.1) is 5.10 Å². The van der Waals surface area contributed by atoms with Crippen LogP contribution in [0.3, 0.4) is 0 Å². The maximum atomic E-state index is 15.1. The van der Waals surface area contributed by atoms with Crippen molar-refractivity contribution in [2.75, 3.05) is 11.6 Å². The lowest BCUT2D eigenvalue weighted by atomic mass is 9.84. The van der Waals surface area contributed by atoms with Gasteiger partial charge in [-0.3, -0.25) is 0 Å². The second-order valence-corrected chi connectivity index (χ2v) is 8.92. The molecule has 1 N–H and O–H groups in total. The minimum absolute atomic E-state index is 0.300. The minimum atomic E-state index is -0.620. The molecule has 0 radical (unpaired) electrons. The normalized spacial score (nSPS) is 18.6. The average molecular weight is 457 g/mol. The van der Waals surface area contributed by atoms with Crippen molar-refractivity contribution in [3.8, 4) is 5.75 Å². The molecule has 5 nitrogen and oxygen atoms in total. The van der Waals surface area contributed by atoms with Gasteiger partial charge in [-0.25, -0.2) is 9.07 Å². The van der Waals surface area contributed by atoms with Crippen LogP contribution in [0, 0.1) is 12.7 Å². The fourth-order valence-electron chi connectivity index (χ4n) is 4.56. The van der Waals surface area contributed by atoms with E-state index in [0.717, 1.165) is 22.4 Å². The highest BCUT2D eigenvalue weighted by molar-refractivity contribution is 7.98. The third-order valence-electron chi connectivity index (χ3n) is 6.12. The second kappa shape index (κ2) is 7.78. The van der Waals surface area contributed by atoms with Crippen molar-refractivity contribution < 1.29 is 9.13 Å². The Labute approximate surface area is 195 Å². The van der Waals surface area contributed by atoms with Gasteiger partial charge < -0.3 is 10.1 Å². The Hall–Kier alpha value is -3.58. The summed E-state index contributed by atoms with van der Waals surface area (Å²) in [7, 11) is 0. The van der Waals surface area contributed by atoms with Crippen LogP contribution in [0.2, 0.25) is 0 Å². The molecule has 0 saturated heterocycles. The SMILES string of the molecule is CSc1nc2n(n1)[C@H](c1ccc(C)cc1)C1=C(N2)c2ccccc2O[C@H]1c1ccccc1F. The molecule has 7 heteroatoms. The van der Waals surface area contributed by atoms with Crippen molar-refractivity contribution >= 4 is 23.4 Å². The molecule has 0 spiro atoms. The molecule has 0 amide bonds. The molecular weight excluding hydrogens is 435 g/mol. The number of fused-ring (bicyclic) bond motifs is 3. The van der Waals surface area contributed by atoms with E-state index in [1.165, 1.54) is 23.4 Å². The van der Waals surface area contributed by atoms with E-state index in [2.05, 4.69) is 36.5 Å². The first kappa shape index (κ1) is 20.1. The highest BCUT2D eigenvalue weighted by Gasteiger charge is 2.42. The number of thioether (sulfide) groups is 1. The number of aryl methyl sites for hydroxylation is 1. The van der Waals surface area contributed by atoms with Crippen LogP contribution in [0.1, 0.15) is 34.4 Å². The summed E-state index contributed by atoms with van der Waals surface area (Å²) in [5.74, 6) is 1.07. The number of nitrogens with one attached hydrogen (secondary N) is 1. The molecule has 2 atom stereocenters. The summed E-state index contributed by atoms with van der Waals surface area (Å²) < 4.78 is 23.5. The number of hydrogen-bond acceptors (Lipinski definition) is 5. The fourth-order valence-corrected chi connectivity index (χ4v) is 4.91. The smallest absolute Gasteiger partial charge is 0.227 e. The summed E-state index contributed by atoms with van der Waals surface area (Å²) in [6, 6.07) is 22.7. The Balaban J connectivity index is 1.65. The Kier molecular flexibility index (Phi) is 4.73. The van der Waals surface area contributed by atoms with Gasteiger partial charge in [-0.1, -0.05) is 71.9 Å². The summed E-state index contributed by atoms with van der Waals surface area (Å²) in [5.41, 5.74) is 5.43. The number of nitrogens with zero attached hydrogens (tertiary/aromatic N) is 3. The lowest BCUT2D eigenvalue weighted by Crippen LogP contribution is -2.32. The molecule has 0 fully saturated rings. The quantitative estimate of drug-likeness (QED) is 0.383. The molecule has 0 aliphatic carbocycles. The van der Waals surface area contributed by atoms with Gasteiger partial charge in [0.1, 0.15) is 17.6 Å². The van der Waals surface area contributed by atoms with E-state index in [1.54, 1.807) is 12.1 Å². The van der Waals surface area contributed by atoms with Crippen molar-refractivity contribution in [2.45, 2.75) is 24.2 Å². The van der Waals surface area contributed by atoms with E-state index in [0.29, 0.717) is 22.4 Å². The van der Waals surface area contributed by atoms with Crippen molar-refractivity contribution in [2.24, 2.45) is 0 Å². The van der Waals surface area contributed by atoms with Crippen LogP contribution in [0.4, 0.5) is 10.3 Å². The summed E-state index contributed by atoms with van der Waals surface area (Å²) >= 11 is 1.49. The number of benzene rings is 3. The summed E-state index contributed by atoms with van der Waals surface area (Å²) in [6.45, 7) is 2.06. The molecule has 0 unspecified atom stereocenters. The van der Waals surface area contributed by atoms with Gasteiger partial charge >= 0.3 is 0 Å². The lowest BCUT2D eigenvalue weighted by molar-refractivity contribution is 0.218. The second-order valence-electron chi connectivity index (χ2n) is 8.15. The third kappa shape index (κ3) is 3.23. The van der Waals surface area contributed by atoms with E-state index < -0.39 is 6.10 Å². The zero-order valence-corrected chi connectivity index (χ0v) is 18.9. The topological polar surface area (TPSA) is 52.0 Å². The number of hydrogen-bond donors (Lipinski definition) is 1. The van der Waals surface area contributed by atoms with Gasteiger partial charge in [0.15, 0.2) is 6.10 Å². The summed E-state index contributed by atoms with van der Waals surface area (Å²) in [6.07, 6.45) is 1.33. The first-order valence-corrected chi connectivity index (χ1v) is 11.9. The Morgan fingerprint density at radius 1 is 1.00 bits per heavy atom. The number of ether oxygens (including phenoxy) is 1. The van der Waals surface area contributed by atoms with Crippen molar-refractivity contribution in [3.05, 3.63) is 106 Å².